The lowest BCUT2D eigenvalue weighted by molar-refractivity contribution is -0.120. The van der Waals surface area contributed by atoms with Crippen LogP contribution in [0.1, 0.15) is 16.7 Å². The van der Waals surface area contributed by atoms with Gasteiger partial charge in [0.05, 0.1) is 13.3 Å². The average molecular weight is 404 g/mol. The maximum Gasteiger partial charge on any atom is 0.265 e. The number of hydrogen-bond donors (Lipinski definition) is 1. The molecule has 0 heterocycles. The third kappa shape index (κ3) is 6.10. The van der Waals surface area contributed by atoms with E-state index in [2.05, 4.69) is 10.5 Å². The molecule has 0 aliphatic heterocycles. The highest BCUT2D eigenvalue weighted by molar-refractivity contribution is 5.92. The summed E-state index contributed by atoms with van der Waals surface area (Å²) < 4.78 is 11.2. The van der Waals surface area contributed by atoms with Crippen LogP contribution in [0.3, 0.4) is 0 Å². The van der Waals surface area contributed by atoms with Crippen molar-refractivity contribution in [2.24, 2.45) is 5.16 Å². The number of amides is 1. The van der Waals surface area contributed by atoms with E-state index in [4.69, 9.17) is 14.3 Å². The van der Waals surface area contributed by atoms with E-state index in [0.29, 0.717) is 18.1 Å². The van der Waals surface area contributed by atoms with Gasteiger partial charge in [-0.05, 0) is 42.3 Å². The van der Waals surface area contributed by atoms with E-state index >= 15 is 0 Å². The molecule has 1 amide bonds. The highest BCUT2D eigenvalue weighted by Crippen LogP contribution is 2.28. The van der Waals surface area contributed by atoms with E-state index in [1.54, 1.807) is 13.2 Å². The Labute approximate surface area is 176 Å². The Morgan fingerprint density at radius 2 is 1.77 bits per heavy atom. The van der Waals surface area contributed by atoms with Gasteiger partial charge in [-0.2, -0.15) is 0 Å². The molecule has 0 atom stereocenters. The van der Waals surface area contributed by atoms with Gasteiger partial charge in [0.15, 0.2) is 18.1 Å². The molecule has 0 unspecified atom stereocenters. The maximum atomic E-state index is 12.0. The van der Waals surface area contributed by atoms with E-state index in [-0.39, 0.29) is 12.5 Å². The zero-order chi connectivity index (χ0) is 21.2. The molecule has 0 spiro atoms. The Hall–Kier alpha value is -3.80. The number of nitrogens with one attached hydrogen (secondary N) is 1. The fourth-order valence-electron chi connectivity index (χ4n) is 2.71. The zero-order valence-corrected chi connectivity index (χ0v) is 17.0. The van der Waals surface area contributed by atoms with E-state index in [1.165, 1.54) is 6.21 Å². The first-order chi connectivity index (χ1) is 14.7. The van der Waals surface area contributed by atoms with Crippen molar-refractivity contribution < 1.29 is 19.1 Å². The van der Waals surface area contributed by atoms with Crippen LogP contribution >= 0.6 is 0 Å². The Morgan fingerprint density at radius 1 is 1.00 bits per heavy atom. The highest BCUT2D eigenvalue weighted by Gasteiger charge is 2.07. The molecule has 0 saturated carbocycles. The average Bonchev–Trinajstić information content (AvgIpc) is 2.78. The standard InChI is InChI=1S/C24H24N2O4/c1-18-8-6-7-11-21(18)26-24(27)17-30-25-15-20-12-13-22(23(14-20)28-2)29-16-19-9-4-3-5-10-19/h3-15H,16-17H2,1-2H3,(H,26,27). The van der Waals surface area contributed by atoms with Crippen molar-refractivity contribution in [3.8, 4) is 11.5 Å². The molecule has 0 bridgehead atoms. The van der Waals surface area contributed by atoms with Crippen molar-refractivity contribution in [3.63, 3.8) is 0 Å². The SMILES string of the molecule is COc1cc(C=NOCC(=O)Nc2ccccc2C)ccc1OCc1ccccc1. The van der Waals surface area contributed by atoms with Crippen LogP contribution in [0.15, 0.2) is 78.0 Å². The number of benzene rings is 3. The van der Waals surface area contributed by atoms with Crippen molar-refractivity contribution in [3.05, 3.63) is 89.5 Å². The fourth-order valence-corrected chi connectivity index (χ4v) is 2.71. The summed E-state index contributed by atoms with van der Waals surface area (Å²) in [5, 5.41) is 6.65. The lowest BCUT2D eigenvalue weighted by Gasteiger charge is -2.11. The van der Waals surface area contributed by atoms with Crippen LogP contribution < -0.4 is 14.8 Å². The number of para-hydroxylation sites is 1. The van der Waals surface area contributed by atoms with Gasteiger partial charge in [-0.25, -0.2) is 0 Å². The Bertz CT molecular complexity index is 1000. The number of anilines is 1. The normalized spacial score (nSPS) is 10.6. The predicted molar refractivity (Wildman–Crippen MR) is 117 cm³/mol. The van der Waals surface area contributed by atoms with Crippen molar-refractivity contribution in [1.82, 2.24) is 0 Å². The second-order valence-electron chi connectivity index (χ2n) is 6.56. The number of carbonyl (C=O) groups is 1. The molecule has 154 valence electrons. The Morgan fingerprint density at radius 3 is 2.53 bits per heavy atom. The van der Waals surface area contributed by atoms with Gasteiger partial charge in [0.25, 0.3) is 5.91 Å². The van der Waals surface area contributed by atoms with Gasteiger partial charge in [-0.1, -0.05) is 53.7 Å². The lowest BCUT2D eigenvalue weighted by atomic mass is 10.2. The quantitative estimate of drug-likeness (QED) is 0.419. The summed E-state index contributed by atoms with van der Waals surface area (Å²) in [5.41, 5.74) is 3.57. The monoisotopic (exact) mass is 404 g/mol. The molecule has 3 aromatic rings. The highest BCUT2D eigenvalue weighted by atomic mass is 16.6. The molecule has 1 N–H and O–H groups in total. The second-order valence-corrected chi connectivity index (χ2v) is 6.56. The van der Waals surface area contributed by atoms with Crippen LogP contribution in [0.2, 0.25) is 0 Å². The van der Waals surface area contributed by atoms with E-state index in [1.807, 2.05) is 73.7 Å². The van der Waals surface area contributed by atoms with Crippen LogP contribution in [0.4, 0.5) is 5.69 Å². The number of carbonyl (C=O) groups excluding carboxylic acids is 1. The minimum absolute atomic E-state index is 0.180. The summed E-state index contributed by atoms with van der Waals surface area (Å²) in [6.45, 7) is 2.19. The van der Waals surface area contributed by atoms with E-state index in [0.717, 1.165) is 22.4 Å². The number of methoxy groups -OCH3 is 1. The summed E-state index contributed by atoms with van der Waals surface area (Å²) in [6.07, 6.45) is 1.52. The molecule has 0 aliphatic rings. The molecule has 0 aromatic heterocycles. The first-order valence-electron chi connectivity index (χ1n) is 9.51. The maximum absolute atomic E-state index is 12.0. The summed E-state index contributed by atoms with van der Waals surface area (Å²) in [5.74, 6) is 0.952. The van der Waals surface area contributed by atoms with Crippen molar-refractivity contribution in [1.29, 1.82) is 0 Å². The summed E-state index contributed by atoms with van der Waals surface area (Å²) in [7, 11) is 1.58. The van der Waals surface area contributed by atoms with E-state index < -0.39 is 0 Å². The number of hydrogen-bond acceptors (Lipinski definition) is 5. The molecule has 0 saturated heterocycles. The lowest BCUT2D eigenvalue weighted by Crippen LogP contribution is -2.17. The van der Waals surface area contributed by atoms with Gasteiger partial charge in [-0.15, -0.1) is 0 Å². The number of nitrogens with zero attached hydrogens (tertiary/aromatic N) is 1. The van der Waals surface area contributed by atoms with Crippen LogP contribution in [0, 0.1) is 6.92 Å². The van der Waals surface area contributed by atoms with Gasteiger partial charge in [-0.3, -0.25) is 4.79 Å². The number of rotatable bonds is 9. The topological polar surface area (TPSA) is 69.2 Å². The van der Waals surface area contributed by atoms with Gasteiger partial charge in [0.1, 0.15) is 6.61 Å². The number of oxime groups is 1. The Balaban J connectivity index is 1.51. The largest absolute Gasteiger partial charge is 0.493 e. The van der Waals surface area contributed by atoms with E-state index in [9.17, 15) is 4.79 Å². The first kappa shape index (κ1) is 20.9. The second kappa shape index (κ2) is 10.7. The van der Waals surface area contributed by atoms with Gasteiger partial charge >= 0.3 is 0 Å². The zero-order valence-electron chi connectivity index (χ0n) is 17.0. The molecule has 3 aromatic carbocycles. The van der Waals surface area contributed by atoms with Gasteiger partial charge in [0, 0.05) is 11.3 Å². The summed E-state index contributed by atoms with van der Waals surface area (Å²) >= 11 is 0. The minimum atomic E-state index is -0.274. The molecule has 3 rings (SSSR count). The van der Waals surface area contributed by atoms with Crippen LogP contribution in [0.25, 0.3) is 0 Å². The third-order valence-corrected chi connectivity index (χ3v) is 4.32. The molecular formula is C24H24N2O4. The summed E-state index contributed by atoms with van der Waals surface area (Å²) in [6, 6.07) is 22.9. The summed E-state index contributed by atoms with van der Waals surface area (Å²) in [4.78, 5) is 17.1. The number of aryl methyl sites for hydroxylation is 1. The van der Waals surface area contributed by atoms with Crippen molar-refractivity contribution in [2.45, 2.75) is 13.5 Å². The molecule has 0 aliphatic carbocycles. The first-order valence-corrected chi connectivity index (χ1v) is 9.51. The fraction of sp³-hybridized carbons (Fsp3) is 0.167. The van der Waals surface area contributed by atoms with Gasteiger partial charge < -0.3 is 19.6 Å². The van der Waals surface area contributed by atoms with Crippen molar-refractivity contribution >= 4 is 17.8 Å². The van der Waals surface area contributed by atoms with Crippen LogP contribution in [-0.4, -0.2) is 25.8 Å². The predicted octanol–water partition coefficient (Wildman–Crippen LogP) is 4.57. The Kier molecular flexibility index (Phi) is 7.44. The molecule has 30 heavy (non-hydrogen) atoms. The van der Waals surface area contributed by atoms with Crippen LogP contribution in [0.5, 0.6) is 11.5 Å². The molecule has 0 fully saturated rings. The molecule has 6 nitrogen and oxygen atoms in total. The third-order valence-electron chi connectivity index (χ3n) is 4.32. The smallest absolute Gasteiger partial charge is 0.265 e. The van der Waals surface area contributed by atoms with Gasteiger partial charge in [0.2, 0.25) is 0 Å². The molecular weight excluding hydrogens is 380 g/mol. The molecule has 0 radical (unpaired) electrons. The van der Waals surface area contributed by atoms with Crippen molar-refractivity contribution in [2.75, 3.05) is 19.0 Å². The van der Waals surface area contributed by atoms with Crippen LogP contribution in [-0.2, 0) is 16.2 Å². The number of ether oxygens (including phenoxy) is 2. The minimum Gasteiger partial charge on any atom is -0.493 e. The molecule has 6 heteroatoms.